The quantitative estimate of drug-likeness (QED) is 0.836. The third kappa shape index (κ3) is 1.79. The predicted molar refractivity (Wildman–Crippen MR) is 92.6 cm³/mol. The fourth-order valence-corrected chi connectivity index (χ4v) is 6.09. The highest BCUT2D eigenvalue weighted by molar-refractivity contribution is 5.83. The molecular weight excluding hydrogens is 302 g/mol. The first-order valence-corrected chi connectivity index (χ1v) is 8.93. The van der Waals surface area contributed by atoms with Gasteiger partial charge in [0.2, 0.25) is 0 Å². The van der Waals surface area contributed by atoms with Crippen LogP contribution in [0.4, 0.5) is 0 Å². The lowest BCUT2D eigenvalue weighted by atomic mass is 9.46. The van der Waals surface area contributed by atoms with Crippen molar-refractivity contribution in [2.24, 2.45) is 5.92 Å². The summed E-state index contributed by atoms with van der Waals surface area (Å²) in [5.74, 6) is 1.46. The van der Waals surface area contributed by atoms with Gasteiger partial charge in [0.05, 0.1) is 12.7 Å². The third-order valence-electron chi connectivity index (χ3n) is 7.01. The van der Waals surface area contributed by atoms with E-state index in [9.17, 15) is 4.79 Å². The van der Waals surface area contributed by atoms with Crippen LogP contribution in [-0.2, 0) is 21.4 Å². The molecule has 4 rings (SSSR count). The van der Waals surface area contributed by atoms with Crippen molar-refractivity contribution in [1.82, 2.24) is 4.90 Å². The number of ketones is 1. The molecule has 1 aromatic rings. The van der Waals surface area contributed by atoms with Crippen LogP contribution in [0, 0.1) is 5.92 Å². The van der Waals surface area contributed by atoms with Crippen LogP contribution in [0.1, 0.15) is 37.3 Å². The number of likely N-dealkylation sites (N-methyl/N-ethyl adjacent to an activating group) is 1. The zero-order valence-electron chi connectivity index (χ0n) is 15.1. The molecule has 130 valence electrons. The highest BCUT2D eigenvalue weighted by Crippen LogP contribution is 2.60. The van der Waals surface area contributed by atoms with Gasteiger partial charge in [0.15, 0.2) is 0 Å². The lowest BCUT2D eigenvalue weighted by Gasteiger charge is -2.66. The number of carbonyl (C=O) groups excluding carboxylic acids is 1. The molecule has 2 bridgehead atoms. The number of benzene rings is 1. The molecule has 24 heavy (non-hydrogen) atoms. The molecule has 1 saturated carbocycles. The van der Waals surface area contributed by atoms with Gasteiger partial charge in [0.25, 0.3) is 0 Å². The van der Waals surface area contributed by atoms with Crippen molar-refractivity contribution in [2.75, 3.05) is 27.8 Å². The third-order valence-corrected chi connectivity index (χ3v) is 7.01. The molecule has 2 aliphatic carbocycles. The summed E-state index contributed by atoms with van der Waals surface area (Å²) in [6.07, 6.45) is 3.16. The number of piperidine rings is 1. The minimum atomic E-state index is -0.298. The van der Waals surface area contributed by atoms with Gasteiger partial charge in [-0.25, -0.2) is 0 Å². The van der Waals surface area contributed by atoms with Crippen LogP contribution in [-0.4, -0.2) is 50.1 Å². The maximum atomic E-state index is 12.6. The normalized spacial score (nSPS) is 38.4. The van der Waals surface area contributed by atoms with Crippen molar-refractivity contribution in [2.45, 2.75) is 49.7 Å². The Kier molecular flexibility index (Phi) is 3.56. The van der Waals surface area contributed by atoms with Crippen molar-refractivity contribution in [1.29, 1.82) is 0 Å². The summed E-state index contributed by atoms with van der Waals surface area (Å²) in [4.78, 5) is 15.1. The van der Waals surface area contributed by atoms with Gasteiger partial charge in [-0.05, 0) is 55.6 Å². The van der Waals surface area contributed by atoms with E-state index in [0.29, 0.717) is 24.7 Å². The van der Waals surface area contributed by atoms with Gasteiger partial charge in [-0.15, -0.1) is 0 Å². The Labute approximate surface area is 144 Å². The standard InChI is InChI=1S/C20H27NO3/c1-13-9-15(22)12-19-7-8-21(2)18(20(13,19)24-4)10-14-5-6-16(23-3)11-17(14)19/h5-6,11,13,18H,7-10,12H2,1-4H3/t13-,18+,19+,20+/m0/s1. The SMILES string of the molecule is COc1ccc2c(c1)[C@]13CCN(C)[C@H](C2)[C@]1(OC)[C@@H](C)CC(=O)C3. The second-order valence-corrected chi connectivity index (χ2v) is 7.87. The highest BCUT2D eigenvalue weighted by atomic mass is 16.5. The first-order valence-electron chi connectivity index (χ1n) is 8.93. The van der Waals surface area contributed by atoms with Gasteiger partial charge >= 0.3 is 0 Å². The molecule has 1 aromatic carbocycles. The number of ether oxygens (including phenoxy) is 2. The van der Waals surface area contributed by atoms with E-state index in [1.54, 1.807) is 7.11 Å². The zero-order valence-corrected chi connectivity index (χ0v) is 15.1. The number of carbonyl (C=O) groups is 1. The predicted octanol–water partition coefficient (Wildman–Crippen LogP) is 2.58. The van der Waals surface area contributed by atoms with E-state index in [0.717, 1.165) is 25.1 Å². The monoisotopic (exact) mass is 329 g/mol. The van der Waals surface area contributed by atoms with Crippen LogP contribution in [0.25, 0.3) is 0 Å². The number of rotatable bonds is 2. The van der Waals surface area contributed by atoms with Crippen LogP contribution in [0.15, 0.2) is 18.2 Å². The summed E-state index contributed by atoms with van der Waals surface area (Å²) in [5.41, 5.74) is 2.11. The molecule has 4 nitrogen and oxygen atoms in total. The molecular formula is C20H27NO3. The Balaban J connectivity index is 2.01. The Hall–Kier alpha value is -1.39. The second kappa shape index (κ2) is 5.30. The molecule has 0 unspecified atom stereocenters. The summed E-state index contributed by atoms with van der Waals surface area (Å²) in [6, 6.07) is 6.71. The van der Waals surface area contributed by atoms with E-state index in [4.69, 9.17) is 9.47 Å². The van der Waals surface area contributed by atoms with Crippen LogP contribution in [0.2, 0.25) is 0 Å². The maximum Gasteiger partial charge on any atom is 0.134 e. The van der Waals surface area contributed by atoms with Crippen LogP contribution < -0.4 is 4.74 Å². The summed E-state index contributed by atoms with van der Waals surface area (Å²) >= 11 is 0. The van der Waals surface area contributed by atoms with Crippen LogP contribution in [0.3, 0.4) is 0 Å². The lowest BCUT2D eigenvalue weighted by Crippen LogP contribution is -2.76. The van der Waals surface area contributed by atoms with Gasteiger partial charge in [-0.1, -0.05) is 13.0 Å². The average Bonchev–Trinajstić information content (AvgIpc) is 2.57. The van der Waals surface area contributed by atoms with Crippen LogP contribution in [0.5, 0.6) is 5.75 Å². The summed E-state index contributed by atoms with van der Waals surface area (Å²) in [6.45, 7) is 3.21. The van der Waals surface area contributed by atoms with Crippen molar-refractivity contribution >= 4 is 5.78 Å². The molecule has 3 aliphatic rings. The maximum absolute atomic E-state index is 12.6. The number of likely N-dealkylation sites (tertiary alicyclic amines) is 1. The minimum absolute atomic E-state index is 0.218. The summed E-state index contributed by atoms with van der Waals surface area (Å²) < 4.78 is 11.9. The molecule has 0 radical (unpaired) electrons. The van der Waals surface area contributed by atoms with E-state index in [2.05, 4.69) is 31.0 Å². The van der Waals surface area contributed by atoms with Gasteiger partial charge in [0.1, 0.15) is 11.5 Å². The Bertz CT molecular complexity index is 687. The first-order chi connectivity index (χ1) is 11.5. The van der Waals surface area contributed by atoms with Gasteiger partial charge in [-0.3, -0.25) is 4.79 Å². The Morgan fingerprint density at radius 2 is 2.04 bits per heavy atom. The van der Waals surface area contributed by atoms with Gasteiger partial charge < -0.3 is 14.4 Å². The van der Waals surface area contributed by atoms with Crippen molar-refractivity contribution in [3.63, 3.8) is 0 Å². The second-order valence-electron chi connectivity index (χ2n) is 7.87. The van der Waals surface area contributed by atoms with E-state index >= 15 is 0 Å². The molecule has 0 aromatic heterocycles. The summed E-state index contributed by atoms with van der Waals surface area (Å²) in [7, 11) is 5.75. The van der Waals surface area contributed by atoms with E-state index in [-0.39, 0.29) is 16.9 Å². The van der Waals surface area contributed by atoms with E-state index in [1.807, 2.05) is 13.2 Å². The minimum Gasteiger partial charge on any atom is -0.497 e. The lowest BCUT2D eigenvalue weighted by molar-refractivity contribution is -0.206. The molecule has 1 saturated heterocycles. The molecule has 1 heterocycles. The molecule has 0 amide bonds. The van der Waals surface area contributed by atoms with E-state index < -0.39 is 0 Å². The number of nitrogens with zero attached hydrogens (tertiary/aromatic N) is 1. The molecule has 2 fully saturated rings. The highest BCUT2D eigenvalue weighted by Gasteiger charge is 2.67. The largest absolute Gasteiger partial charge is 0.497 e. The zero-order chi connectivity index (χ0) is 17.1. The number of hydrogen-bond acceptors (Lipinski definition) is 4. The Morgan fingerprint density at radius 1 is 1.25 bits per heavy atom. The van der Waals surface area contributed by atoms with Gasteiger partial charge in [0, 0.05) is 31.4 Å². The summed E-state index contributed by atoms with van der Waals surface area (Å²) in [5, 5.41) is 0. The van der Waals surface area contributed by atoms with Crippen molar-refractivity contribution in [3.8, 4) is 5.75 Å². The molecule has 4 heteroatoms. The number of hydrogen-bond donors (Lipinski definition) is 0. The Morgan fingerprint density at radius 3 is 2.75 bits per heavy atom. The van der Waals surface area contributed by atoms with Crippen molar-refractivity contribution < 1.29 is 14.3 Å². The smallest absolute Gasteiger partial charge is 0.134 e. The van der Waals surface area contributed by atoms with Crippen molar-refractivity contribution in [3.05, 3.63) is 29.3 Å². The number of Topliss-reactive ketones (excluding diaryl/α,β-unsaturated/α-hetero) is 1. The molecule has 0 spiro atoms. The fourth-order valence-electron chi connectivity index (χ4n) is 6.09. The van der Waals surface area contributed by atoms with Crippen LogP contribution >= 0.6 is 0 Å². The first kappa shape index (κ1) is 16.1. The number of methoxy groups -OCH3 is 2. The molecule has 4 atom stereocenters. The molecule has 0 N–H and O–H groups in total. The molecule has 1 aliphatic heterocycles. The fraction of sp³-hybridized carbons (Fsp3) is 0.650. The van der Waals surface area contributed by atoms with Gasteiger partial charge in [-0.2, -0.15) is 0 Å². The average molecular weight is 329 g/mol. The van der Waals surface area contributed by atoms with E-state index in [1.165, 1.54) is 11.1 Å². The number of fused-ring (bicyclic) bond motifs is 1. The topological polar surface area (TPSA) is 38.8 Å².